The number of hydrogen-bond acceptors (Lipinski definition) is 7. The van der Waals surface area contributed by atoms with E-state index in [1.54, 1.807) is 11.3 Å². The summed E-state index contributed by atoms with van der Waals surface area (Å²) in [7, 11) is 4.14. The van der Waals surface area contributed by atoms with Crippen molar-refractivity contribution in [2.45, 2.75) is 19.8 Å². The molecule has 2 aromatic heterocycles. The lowest BCUT2D eigenvalue weighted by Crippen LogP contribution is -2.19. The maximum Gasteiger partial charge on any atom is 0.323 e. The predicted molar refractivity (Wildman–Crippen MR) is 174 cm³/mol. The van der Waals surface area contributed by atoms with Crippen LogP contribution in [0.1, 0.15) is 17.5 Å². The number of benzene rings is 3. The van der Waals surface area contributed by atoms with Crippen molar-refractivity contribution >= 4 is 44.8 Å². The summed E-state index contributed by atoms with van der Waals surface area (Å²) in [5, 5.41) is 10.2. The van der Waals surface area contributed by atoms with Crippen molar-refractivity contribution in [1.82, 2.24) is 14.9 Å². The normalized spacial score (nSPS) is 11.0. The minimum atomic E-state index is -0.268. The van der Waals surface area contributed by atoms with Gasteiger partial charge in [0, 0.05) is 36.2 Å². The van der Waals surface area contributed by atoms with Crippen LogP contribution in [0.5, 0.6) is 5.75 Å². The van der Waals surface area contributed by atoms with Crippen molar-refractivity contribution in [1.29, 1.82) is 0 Å². The third-order valence-electron chi connectivity index (χ3n) is 6.69. The molecule has 2 amide bonds. The quantitative estimate of drug-likeness (QED) is 0.134. The summed E-state index contributed by atoms with van der Waals surface area (Å²) in [6, 6.07) is 25.1. The Kier molecular flexibility index (Phi) is 9.63. The highest BCUT2D eigenvalue weighted by Gasteiger charge is 2.13. The first-order valence-electron chi connectivity index (χ1n) is 14.0. The summed E-state index contributed by atoms with van der Waals surface area (Å²) < 4.78 is 5.88. The van der Waals surface area contributed by atoms with E-state index in [1.165, 1.54) is 5.56 Å². The number of nitrogens with zero attached hydrogens (tertiary/aromatic N) is 3. The van der Waals surface area contributed by atoms with Gasteiger partial charge in [0.2, 0.25) is 0 Å². The fourth-order valence-electron chi connectivity index (χ4n) is 4.48. The second kappa shape index (κ2) is 13.9. The number of urea groups is 1. The first-order chi connectivity index (χ1) is 20.4. The van der Waals surface area contributed by atoms with Gasteiger partial charge >= 0.3 is 6.03 Å². The van der Waals surface area contributed by atoms with Crippen molar-refractivity contribution in [3.8, 4) is 16.3 Å². The summed E-state index contributed by atoms with van der Waals surface area (Å²) in [4.78, 5) is 24.9. The number of hydrogen-bond donors (Lipinski definition) is 3. The van der Waals surface area contributed by atoms with Crippen LogP contribution in [0, 0.1) is 6.92 Å². The summed E-state index contributed by atoms with van der Waals surface area (Å²) >= 11 is 1.59. The Morgan fingerprint density at radius 1 is 0.929 bits per heavy atom. The van der Waals surface area contributed by atoms with E-state index in [4.69, 9.17) is 9.72 Å². The highest BCUT2D eigenvalue weighted by molar-refractivity contribution is 7.21. The average molecular weight is 581 g/mol. The number of ether oxygens (including phenoxy) is 1. The van der Waals surface area contributed by atoms with Crippen LogP contribution < -0.4 is 20.7 Å². The zero-order chi connectivity index (χ0) is 29.3. The molecule has 0 atom stereocenters. The van der Waals surface area contributed by atoms with Gasteiger partial charge in [0.1, 0.15) is 21.1 Å². The number of pyridine rings is 1. The Balaban J connectivity index is 1.17. The average Bonchev–Trinajstić information content (AvgIpc) is 3.43. The number of aromatic nitrogens is 2. The molecule has 3 aromatic carbocycles. The highest BCUT2D eigenvalue weighted by atomic mass is 32.1. The van der Waals surface area contributed by atoms with Gasteiger partial charge in [-0.05, 0) is 93.5 Å². The van der Waals surface area contributed by atoms with Gasteiger partial charge in [-0.15, -0.1) is 0 Å². The van der Waals surface area contributed by atoms with Crippen molar-refractivity contribution in [2.24, 2.45) is 0 Å². The number of amides is 2. The Hall–Kier alpha value is -4.47. The van der Waals surface area contributed by atoms with Crippen LogP contribution in [-0.2, 0) is 6.42 Å². The number of aryl methyl sites for hydroxylation is 1. The van der Waals surface area contributed by atoms with Gasteiger partial charge in [-0.25, -0.2) is 14.8 Å². The van der Waals surface area contributed by atoms with Gasteiger partial charge < -0.3 is 25.6 Å². The lowest BCUT2D eigenvalue weighted by atomic mass is 10.1. The fourth-order valence-corrected chi connectivity index (χ4v) is 5.41. The lowest BCUT2D eigenvalue weighted by molar-refractivity contribution is 0.262. The molecule has 0 aliphatic carbocycles. The molecule has 0 radical (unpaired) electrons. The molecule has 42 heavy (non-hydrogen) atoms. The van der Waals surface area contributed by atoms with Gasteiger partial charge in [0.15, 0.2) is 0 Å². The van der Waals surface area contributed by atoms with E-state index in [0.29, 0.717) is 6.61 Å². The molecular formula is C33H36N6O2S. The van der Waals surface area contributed by atoms with E-state index >= 15 is 0 Å². The number of thiazole rings is 1. The first kappa shape index (κ1) is 29.0. The molecule has 0 aliphatic heterocycles. The highest BCUT2D eigenvalue weighted by Crippen LogP contribution is 2.34. The van der Waals surface area contributed by atoms with Crippen molar-refractivity contribution in [2.75, 3.05) is 49.7 Å². The van der Waals surface area contributed by atoms with Crippen LogP contribution in [0.25, 0.3) is 20.9 Å². The summed E-state index contributed by atoms with van der Waals surface area (Å²) in [6.07, 6.45) is 3.72. The molecule has 0 saturated heterocycles. The molecule has 5 rings (SSSR count). The molecule has 0 aliphatic rings. The standard InChI is InChI=1S/C33H36N6O2S/c1-23-22-35-32-30(38-31(42-32)25-12-16-28(17-13-25)41-21-7-20-39(2)3)29(23)34-19-18-24-10-14-27(15-11-24)37-33(40)36-26-8-5-4-6-9-26/h4-6,8-17,22H,7,18-21H2,1-3H3,(H,34,35)(H2,36,37,40). The molecule has 216 valence electrons. The van der Waals surface area contributed by atoms with Crippen molar-refractivity contribution in [3.63, 3.8) is 0 Å². The first-order valence-corrected chi connectivity index (χ1v) is 14.9. The number of para-hydroxylation sites is 1. The molecule has 0 saturated carbocycles. The van der Waals surface area contributed by atoms with Crippen LogP contribution in [0.15, 0.2) is 85.1 Å². The Morgan fingerprint density at radius 3 is 2.36 bits per heavy atom. The predicted octanol–water partition coefficient (Wildman–Crippen LogP) is 7.30. The molecule has 9 heteroatoms. The molecule has 5 aromatic rings. The zero-order valence-corrected chi connectivity index (χ0v) is 25.0. The second-order valence-corrected chi connectivity index (χ2v) is 11.3. The van der Waals surface area contributed by atoms with Gasteiger partial charge in [-0.1, -0.05) is 41.7 Å². The minimum absolute atomic E-state index is 0.268. The van der Waals surface area contributed by atoms with E-state index in [1.807, 2.05) is 72.9 Å². The number of fused-ring (bicyclic) bond motifs is 1. The second-order valence-electron chi connectivity index (χ2n) is 10.3. The zero-order valence-electron chi connectivity index (χ0n) is 24.2. The molecule has 0 unspecified atom stereocenters. The third kappa shape index (κ3) is 7.84. The van der Waals surface area contributed by atoms with E-state index in [-0.39, 0.29) is 6.03 Å². The van der Waals surface area contributed by atoms with Gasteiger partial charge in [-0.3, -0.25) is 0 Å². The Bertz CT molecular complexity index is 1600. The molecule has 0 spiro atoms. The maximum atomic E-state index is 12.3. The maximum absolute atomic E-state index is 12.3. The SMILES string of the molecule is Cc1cnc2sc(-c3ccc(OCCCN(C)C)cc3)nc2c1NCCc1ccc(NC(=O)Nc2ccccc2)cc1. The Labute approximate surface area is 250 Å². The summed E-state index contributed by atoms with van der Waals surface area (Å²) in [6.45, 7) is 4.50. The van der Waals surface area contributed by atoms with E-state index in [0.717, 1.165) is 75.2 Å². The molecule has 3 N–H and O–H groups in total. The monoisotopic (exact) mass is 580 g/mol. The lowest BCUT2D eigenvalue weighted by Gasteiger charge is -2.11. The summed E-state index contributed by atoms with van der Waals surface area (Å²) in [5.41, 5.74) is 6.67. The van der Waals surface area contributed by atoms with E-state index in [2.05, 4.69) is 59.0 Å². The number of carbonyl (C=O) groups excluding carboxylic acids is 1. The minimum Gasteiger partial charge on any atom is -0.494 e. The van der Waals surface area contributed by atoms with Gasteiger partial charge in [0.25, 0.3) is 0 Å². The van der Waals surface area contributed by atoms with Gasteiger partial charge in [0.05, 0.1) is 12.3 Å². The van der Waals surface area contributed by atoms with E-state index in [9.17, 15) is 4.79 Å². The van der Waals surface area contributed by atoms with E-state index < -0.39 is 0 Å². The smallest absolute Gasteiger partial charge is 0.323 e. The van der Waals surface area contributed by atoms with Crippen LogP contribution in [0.2, 0.25) is 0 Å². The number of rotatable bonds is 12. The van der Waals surface area contributed by atoms with Crippen LogP contribution >= 0.6 is 11.3 Å². The Morgan fingerprint density at radius 2 is 1.64 bits per heavy atom. The molecular weight excluding hydrogens is 544 g/mol. The van der Waals surface area contributed by atoms with Gasteiger partial charge in [-0.2, -0.15) is 0 Å². The van der Waals surface area contributed by atoms with Crippen molar-refractivity contribution < 1.29 is 9.53 Å². The summed E-state index contributed by atoms with van der Waals surface area (Å²) in [5.74, 6) is 0.870. The van der Waals surface area contributed by atoms with Crippen LogP contribution in [0.3, 0.4) is 0 Å². The number of anilines is 3. The van der Waals surface area contributed by atoms with Crippen LogP contribution in [0.4, 0.5) is 21.9 Å². The number of nitrogens with one attached hydrogen (secondary N) is 3. The van der Waals surface area contributed by atoms with Crippen LogP contribution in [-0.4, -0.2) is 54.7 Å². The topological polar surface area (TPSA) is 91.4 Å². The molecule has 8 nitrogen and oxygen atoms in total. The molecule has 2 heterocycles. The van der Waals surface area contributed by atoms with Crippen molar-refractivity contribution in [3.05, 3.63) is 96.2 Å². The largest absolute Gasteiger partial charge is 0.494 e. The molecule has 0 fully saturated rings. The molecule has 0 bridgehead atoms. The fraction of sp³-hybridized carbons (Fsp3) is 0.242. The number of carbonyl (C=O) groups is 1. The third-order valence-corrected chi connectivity index (χ3v) is 7.71.